The molecule has 0 saturated carbocycles. The van der Waals surface area contributed by atoms with Crippen molar-refractivity contribution in [2.45, 2.75) is 53.1 Å². The summed E-state index contributed by atoms with van der Waals surface area (Å²) < 4.78 is 5.80. The molecule has 3 heteroatoms. The second-order valence-electron chi connectivity index (χ2n) is 7.80. The van der Waals surface area contributed by atoms with E-state index in [2.05, 4.69) is 51.7 Å². The molecule has 2 rings (SSSR count). The Morgan fingerprint density at radius 2 is 1.87 bits per heavy atom. The highest BCUT2D eigenvalue weighted by Crippen LogP contribution is 2.24. The van der Waals surface area contributed by atoms with Gasteiger partial charge in [-0.3, -0.25) is 0 Å². The average molecular weight is 319 g/mol. The third kappa shape index (κ3) is 5.50. The van der Waals surface area contributed by atoms with E-state index in [1.807, 2.05) is 6.07 Å². The predicted octanol–water partition coefficient (Wildman–Crippen LogP) is 3.84. The summed E-state index contributed by atoms with van der Waals surface area (Å²) >= 11 is 0. The maximum Gasteiger partial charge on any atom is 0.119 e. The van der Waals surface area contributed by atoms with Crippen molar-refractivity contribution in [1.29, 1.82) is 0 Å². The predicted molar refractivity (Wildman–Crippen MR) is 96.2 cm³/mol. The number of piperidine rings is 1. The molecule has 1 aromatic carbocycles. The Labute approximate surface area is 141 Å². The van der Waals surface area contributed by atoms with E-state index in [1.54, 1.807) is 0 Å². The van der Waals surface area contributed by atoms with Crippen LogP contribution in [0.25, 0.3) is 0 Å². The number of ether oxygens (including phenoxy) is 1. The van der Waals surface area contributed by atoms with E-state index in [0.717, 1.165) is 30.7 Å². The summed E-state index contributed by atoms with van der Waals surface area (Å²) in [4.78, 5) is 2.37. The molecule has 0 aromatic heterocycles. The fraction of sp³-hybridized carbons (Fsp3) is 0.700. The molecule has 130 valence electrons. The Kier molecular flexibility index (Phi) is 6.49. The molecule has 1 N–H and O–H groups in total. The van der Waals surface area contributed by atoms with Crippen LogP contribution in [0.3, 0.4) is 0 Å². The molecule has 0 bridgehead atoms. The van der Waals surface area contributed by atoms with Crippen molar-refractivity contribution in [3.8, 4) is 5.75 Å². The summed E-state index contributed by atoms with van der Waals surface area (Å²) in [6.45, 7) is 14.4. The smallest absolute Gasteiger partial charge is 0.119 e. The molecule has 1 saturated heterocycles. The normalized spacial score (nSPS) is 24.0. The van der Waals surface area contributed by atoms with Crippen molar-refractivity contribution in [2.75, 3.05) is 26.2 Å². The van der Waals surface area contributed by atoms with Crippen LogP contribution in [0.4, 0.5) is 0 Å². The number of rotatable bonds is 6. The summed E-state index contributed by atoms with van der Waals surface area (Å²) in [6, 6.07) is 6.23. The maximum absolute atomic E-state index is 10.3. The largest absolute Gasteiger partial charge is 0.491 e. The number of β-amino-alcohol motifs (C(OH)–C–C–N with tert-alkyl or cyclic N) is 1. The molecule has 0 spiro atoms. The first-order valence-electron chi connectivity index (χ1n) is 8.99. The number of aliphatic hydroxyl groups excluding tert-OH is 1. The van der Waals surface area contributed by atoms with Crippen molar-refractivity contribution in [3.05, 3.63) is 29.3 Å². The number of nitrogens with zero attached hydrogens (tertiary/aromatic N) is 1. The van der Waals surface area contributed by atoms with Crippen molar-refractivity contribution >= 4 is 0 Å². The minimum absolute atomic E-state index is 0.361. The van der Waals surface area contributed by atoms with Crippen LogP contribution in [0.1, 0.15) is 51.2 Å². The van der Waals surface area contributed by atoms with Gasteiger partial charge in [0.1, 0.15) is 18.5 Å². The Morgan fingerprint density at radius 1 is 1.22 bits per heavy atom. The second kappa shape index (κ2) is 8.16. The first-order chi connectivity index (χ1) is 10.8. The molecule has 3 atom stereocenters. The number of hydrogen-bond acceptors (Lipinski definition) is 3. The third-order valence-electron chi connectivity index (χ3n) is 4.72. The summed E-state index contributed by atoms with van der Waals surface area (Å²) in [7, 11) is 0. The highest BCUT2D eigenvalue weighted by molar-refractivity contribution is 5.36. The molecule has 0 unspecified atom stereocenters. The molecule has 1 aliphatic heterocycles. The zero-order valence-corrected chi connectivity index (χ0v) is 15.4. The Morgan fingerprint density at radius 3 is 2.43 bits per heavy atom. The fourth-order valence-corrected chi connectivity index (χ4v) is 3.87. The quantitative estimate of drug-likeness (QED) is 0.865. The summed E-state index contributed by atoms with van der Waals surface area (Å²) in [5.41, 5.74) is 2.61. The third-order valence-corrected chi connectivity index (χ3v) is 4.72. The monoisotopic (exact) mass is 319 g/mol. The van der Waals surface area contributed by atoms with Gasteiger partial charge in [0.05, 0.1) is 0 Å². The molecule has 0 amide bonds. The van der Waals surface area contributed by atoms with Crippen LogP contribution < -0.4 is 4.74 Å². The van der Waals surface area contributed by atoms with E-state index >= 15 is 0 Å². The standard InChI is InChI=1S/C20H33NO2/c1-14(2)20-7-6-19(9-17(20)5)23-13-18(22)12-21-10-15(3)8-16(4)11-21/h6-7,9,14-16,18,22H,8,10-13H2,1-5H3/t15-,16+,18-/m0/s1. The van der Waals surface area contributed by atoms with Gasteiger partial charge in [-0.1, -0.05) is 33.8 Å². The highest BCUT2D eigenvalue weighted by Gasteiger charge is 2.23. The lowest BCUT2D eigenvalue weighted by atomic mass is 9.92. The number of hydrogen-bond donors (Lipinski definition) is 1. The van der Waals surface area contributed by atoms with Crippen molar-refractivity contribution in [2.24, 2.45) is 11.8 Å². The molecule has 1 aliphatic rings. The fourth-order valence-electron chi connectivity index (χ4n) is 3.87. The van der Waals surface area contributed by atoms with Gasteiger partial charge in [0.25, 0.3) is 0 Å². The molecule has 0 radical (unpaired) electrons. The maximum atomic E-state index is 10.3. The van der Waals surface area contributed by atoms with Crippen LogP contribution in [0.2, 0.25) is 0 Å². The van der Waals surface area contributed by atoms with Gasteiger partial charge < -0.3 is 14.7 Å². The molecule has 1 fully saturated rings. The van der Waals surface area contributed by atoms with Crippen LogP contribution in [-0.4, -0.2) is 42.4 Å². The van der Waals surface area contributed by atoms with Gasteiger partial charge in [-0.05, 0) is 54.4 Å². The Bertz CT molecular complexity index is 490. The minimum Gasteiger partial charge on any atom is -0.491 e. The van der Waals surface area contributed by atoms with Gasteiger partial charge in [0.2, 0.25) is 0 Å². The lowest BCUT2D eigenvalue weighted by Crippen LogP contribution is -2.44. The first kappa shape index (κ1) is 18.3. The van der Waals surface area contributed by atoms with E-state index in [-0.39, 0.29) is 0 Å². The molecule has 0 aliphatic carbocycles. The van der Waals surface area contributed by atoms with E-state index in [9.17, 15) is 5.11 Å². The lowest BCUT2D eigenvalue weighted by molar-refractivity contribution is 0.0429. The average Bonchev–Trinajstić information content (AvgIpc) is 2.43. The van der Waals surface area contributed by atoms with Crippen molar-refractivity contribution < 1.29 is 9.84 Å². The van der Waals surface area contributed by atoms with E-state index in [0.29, 0.717) is 19.1 Å². The van der Waals surface area contributed by atoms with E-state index < -0.39 is 6.10 Å². The van der Waals surface area contributed by atoms with Crippen molar-refractivity contribution in [1.82, 2.24) is 4.90 Å². The number of likely N-dealkylation sites (tertiary alicyclic amines) is 1. The molecular weight excluding hydrogens is 286 g/mol. The van der Waals surface area contributed by atoms with Crippen LogP contribution in [0.15, 0.2) is 18.2 Å². The van der Waals surface area contributed by atoms with Gasteiger partial charge in [-0.15, -0.1) is 0 Å². The van der Waals surface area contributed by atoms with Gasteiger partial charge in [-0.2, -0.15) is 0 Å². The van der Waals surface area contributed by atoms with E-state index in [4.69, 9.17) is 4.74 Å². The lowest BCUT2D eigenvalue weighted by Gasteiger charge is -2.35. The summed E-state index contributed by atoms with van der Waals surface area (Å²) in [5, 5.41) is 10.3. The summed E-state index contributed by atoms with van der Waals surface area (Å²) in [5.74, 6) is 2.82. The van der Waals surface area contributed by atoms with Gasteiger partial charge >= 0.3 is 0 Å². The second-order valence-corrected chi connectivity index (χ2v) is 7.80. The van der Waals surface area contributed by atoms with Crippen molar-refractivity contribution in [3.63, 3.8) is 0 Å². The SMILES string of the molecule is Cc1cc(OC[C@@H](O)CN2C[C@H](C)C[C@H](C)C2)ccc1C(C)C. The molecule has 1 aromatic rings. The van der Waals surface area contributed by atoms with Gasteiger partial charge in [0, 0.05) is 19.6 Å². The van der Waals surface area contributed by atoms with E-state index in [1.165, 1.54) is 17.5 Å². The number of aliphatic hydroxyl groups is 1. The topological polar surface area (TPSA) is 32.7 Å². The van der Waals surface area contributed by atoms with Gasteiger partial charge in [-0.25, -0.2) is 0 Å². The Balaban J connectivity index is 1.82. The first-order valence-corrected chi connectivity index (χ1v) is 8.99. The zero-order valence-electron chi connectivity index (χ0n) is 15.4. The van der Waals surface area contributed by atoms with Gasteiger partial charge in [0.15, 0.2) is 0 Å². The van der Waals surface area contributed by atoms with Crippen LogP contribution in [-0.2, 0) is 0 Å². The highest BCUT2D eigenvalue weighted by atomic mass is 16.5. The molecular formula is C20H33NO2. The summed E-state index contributed by atoms with van der Waals surface area (Å²) in [6.07, 6.45) is 0.863. The molecule has 23 heavy (non-hydrogen) atoms. The molecule has 1 heterocycles. The number of benzene rings is 1. The van der Waals surface area contributed by atoms with Crippen LogP contribution in [0.5, 0.6) is 5.75 Å². The number of aryl methyl sites for hydroxylation is 1. The minimum atomic E-state index is -0.433. The Hall–Kier alpha value is -1.06. The molecule has 3 nitrogen and oxygen atoms in total. The van der Waals surface area contributed by atoms with Crippen LogP contribution in [0, 0.1) is 18.8 Å². The van der Waals surface area contributed by atoms with Crippen LogP contribution >= 0.6 is 0 Å². The zero-order chi connectivity index (χ0) is 17.0.